The Balaban J connectivity index is 0.00000320. The number of rotatable bonds is 7. The van der Waals surface area contributed by atoms with Gasteiger partial charge in [-0.05, 0) is 37.3 Å². The zero-order valence-corrected chi connectivity index (χ0v) is 20.7. The number of amides is 1. The minimum Gasteiger partial charge on any atom is -0.482 e. The predicted molar refractivity (Wildman–Crippen MR) is 133 cm³/mol. The maximum Gasteiger partial charge on any atom is 0.265 e. The second kappa shape index (κ2) is 12.3. The molecule has 1 aromatic rings. The van der Waals surface area contributed by atoms with E-state index < -0.39 is 0 Å². The number of aliphatic imine (C=N–C) groups is 1. The van der Waals surface area contributed by atoms with E-state index in [0.717, 1.165) is 62.2 Å². The van der Waals surface area contributed by atoms with Crippen LogP contribution < -0.4 is 20.3 Å². The molecule has 30 heavy (non-hydrogen) atoms. The zero-order chi connectivity index (χ0) is 20.6. The molecule has 1 amide bonds. The van der Waals surface area contributed by atoms with Crippen molar-refractivity contribution in [1.82, 2.24) is 15.5 Å². The van der Waals surface area contributed by atoms with Gasteiger partial charge in [0.15, 0.2) is 12.6 Å². The third kappa shape index (κ3) is 7.01. The molecule has 0 unspecified atom stereocenters. The second-order valence-electron chi connectivity index (χ2n) is 8.27. The highest BCUT2D eigenvalue weighted by Crippen LogP contribution is 2.31. The van der Waals surface area contributed by atoms with Gasteiger partial charge >= 0.3 is 0 Å². The van der Waals surface area contributed by atoms with Gasteiger partial charge in [0, 0.05) is 45.8 Å². The lowest BCUT2D eigenvalue weighted by Gasteiger charge is -2.34. The standard InChI is InChI=1S/C22H35N5O2.HI/c1-17(2)15-26-13-9-18(10-14-26)25-22(23-3)24-11-6-12-27-19-7-4-5-8-20(19)29-16-21(27)28;/h4-5,7-8,17-18H,6,9-16H2,1-3H3,(H2,23,24,25);1H. The largest absolute Gasteiger partial charge is 0.482 e. The second-order valence-corrected chi connectivity index (χ2v) is 8.27. The Labute approximate surface area is 197 Å². The molecule has 8 heteroatoms. The first-order valence-electron chi connectivity index (χ1n) is 10.8. The number of fused-ring (bicyclic) bond motifs is 1. The maximum absolute atomic E-state index is 12.2. The average molecular weight is 529 g/mol. The summed E-state index contributed by atoms with van der Waals surface area (Å²) in [6, 6.07) is 8.18. The van der Waals surface area contributed by atoms with Gasteiger partial charge in [-0.2, -0.15) is 0 Å². The molecule has 0 aromatic heterocycles. The van der Waals surface area contributed by atoms with Crippen LogP contribution in [0.4, 0.5) is 5.69 Å². The van der Waals surface area contributed by atoms with Gasteiger partial charge < -0.3 is 25.2 Å². The number of piperidine rings is 1. The van der Waals surface area contributed by atoms with Crippen LogP contribution in [-0.4, -0.2) is 69.2 Å². The van der Waals surface area contributed by atoms with Crippen LogP contribution in [0.15, 0.2) is 29.3 Å². The molecule has 168 valence electrons. The number of carbonyl (C=O) groups excluding carboxylic acids is 1. The van der Waals surface area contributed by atoms with Crippen LogP contribution in [0, 0.1) is 5.92 Å². The Hall–Kier alpha value is -1.55. The molecule has 1 saturated heterocycles. The number of para-hydroxylation sites is 2. The zero-order valence-electron chi connectivity index (χ0n) is 18.4. The highest BCUT2D eigenvalue weighted by molar-refractivity contribution is 14.0. The van der Waals surface area contributed by atoms with E-state index in [1.165, 1.54) is 6.54 Å². The minimum atomic E-state index is 0. The molecule has 0 bridgehead atoms. The monoisotopic (exact) mass is 529 g/mol. The topological polar surface area (TPSA) is 69.2 Å². The summed E-state index contributed by atoms with van der Waals surface area (Å²) >= 11 is 0. The van der Waals surface area contributed by atoms with Crippen molar-refractivity contribution in [3.8, 4) is 5.75 Å². The number of benzene rings is 1. The van der Waals surface area contributed by atoms with Gasteiger partial charge in [-0.3, -0.25) is 9.79 Å². The van der Waals surface area contributed by atoms with Crippen LogP contribution >= 0.6 is 24.0 Å². The van der Waals surface area contributed by atoms with Crippen molar-refractivity contribution in [1.29, 1.82) is 0 Å². The van der Waals surface area contributed by atoms with E-state index in [0.29, 0.717) is 12.6 Å². The molecular weight excluding hydrogens is 493 g/mol. The molecule has 2 heterocycles. The summed E-state index contributed by atoms with van der Waals surface area (Å²) < 4.78 is 5.50. The lowest BCUT2D eigenvalue weighted by atomic mass is 10.0. The van der Waals surface area contributed by atoms with Crippen LogP contribution in [0.1, 0.15) is 33.1 Å². The molecule has 2 aliphatic heterocycles. The van der Waals surface area contributed by atoms with Crippen LogP contribution in [0.3, 0.4) is 0 Å². The van der Waals surface area contributed by atoms with Gasteiger partial charge in [-0.15, -0.1) is 24.0 Å². The van der Waals surface area contributed by atoms with E-state index in [-0.39, 0.29) is 36.5 Å². The Morgan fingerprint density at radius 3 is 2.70 bits per heavy atom. The lowest BCUT2D eigenvalue weighted by Crippen LogP contribution is -2.49. The van der Waals surface area contributed by atoms with E-state index in [9.17, 15) is 4.79 Å². The van der Waals surface area contributed by atoms with Gasteiger partial charge in [0.05, 0.1) is 5.69 Å². The quantitative estimate of drug-likeness (QED) is 0.246. The molecule has 0 saturated carbocycles. The van der Waals surface area contributed by atoms with E-state index in [2.05, 4.69) is 34.4 Å². The summed E-state index contributed by atoms with van der Waals surface area (Å²) in [4.78, 5) is 21.0. The van der Waals surface area contributed by atoms with Gasteiger partial charge in [0.2, 0.25) is 0 Å². The van der Waals surface area contributed by atoms with Crippen molar-refractivity contribution >= 4 is 41.5 Å². The molecule has 0 aliphatic carbocycles. The predicted octanol–water partition coefficient (Wildman–Crippen LogP) is 2.71. The Kier molecular flexibility index (Phi) is 10.2. The third-order valence-electron chi connectivity index (χ3n) is 5.43. The minimum absolute atomic E-state index is 0. The van der Waals surface area contributed by atoms with Gasteiger partial charge in [-0.1, -0.05) is 26.0 Å². The first kappa shape index (κ1) is 24.7. The number of nitrogens with zero attached hydrogens (tertiary/aromatic N) is 3. The van der Waals surface area contributed by atoms with Gasteiger partial charge in [-0.25, -0.2) is 0 Å². The SMILES string of the molecule is CN=C(NCCCN1C(=O)COc2ccccc21)NC1CCN(CC(C)C)CC1.I. The number of halogens is 1. The van der Waals surface area contributed by atoms with E-state index in [1.807, 2.05) is 36.2 Å². The summed E-state index contributed by atoms with van der Waals surface area (Å²) in [6.07, 6.45) is 3.13. The van der Waals surface area contributed by atoms with E-state index >= 15 is 0 Å². The number of anilines is 1. The fraction of sp³-hybridized carbons (Fsp3) is 0.636. The number of likely N-dealkylation sites (tertiary alicyclic amines) is 1. The highest BCUT2D eigenvalue weighted by atomic mass is 127. The number of hydrogen-bond acceptors (Lipinski definition) is 4. The summed E-state index contributed by atoms with van der Waals surface area (Å²) in [5, 5.41) is 6.95. The number of carbonyl (C=O) groups is 1. The number of nitrogens with one attached hydrogen (secondary N) is 2. The van der Waals surface area contributed by atoms with Crippen molar-refractivity contribution in [2.45, 2.75) is 39.2 Å². The van der Waals surface area contributed by atoms with Gasteiger partial charge in [0.1, 0.15) is 5.75 Å². The highest BCUT2D eigenvalue weighted by Gasteiger charge is 2.24. The maximum atomic E-state index is 12.2. The van der Waals surface area contributed by atoms with Crippen molar-refractivity contribution < 1.29 is 9.53 Å². The molecule has 7 nitrogen and oxygen atoms in total. The molecule has 2 aliphatic rings. The van der Waals surface area contributed by atoms with Crippen LogP contribution in [-0.2, 0) is 4.79 Å². The van der Waals surface area contributed by atoms with E-state index in [1.54, 1.807) is 0 Å². The summed E-state index contributed by atoms with van der Waals surface area (Å²) in [5.41, 5.74) is 0.861. The Bertz CT molecular complexity index is 705. The first-order chi connectivity index (χ1) is 14.1. The molecule has 0 spiro atoms. The van der Waals surface area contributed by atoms with Crippen LogP contribution in [0.25, 0.3) is 0 Å². The van der Waals surface area contributed by atoms with Crippen molar-refractivity contribution in [2.75, 3.05) is 51.3 Å². The van der Waals surface area contributed by atoms with Crippen molar-refractivity contribution in [2.24, 2.45) is 10.9 Å². The van der Waals surface area contributed by atoms with Crippen LogP contribution in [0.5, 0.6) is 5.75 Å². The molecule has 3 rings (SSSR count). The molecular formula is C22H36IN5O2. The number of ether oxygens (including phenoxy) is 1. The van der Waals surface area contributed by atoms with E-state index in [4.69, 9.17) is 4.74 Å². The third-order valence-corrected chi connectivity index (χ3v) is 5.43. The van der Waals surface area contributed by atoms with Crippen LogP contribution in [0.2, 0.25) is 0 Å². The van der Waals surface area contributed by atoms with Crippen molar-refractivity contribution in [3.05, 3.63) is 24.3 Å². The Morgan fingerprint density at radius 1 is 1.27 bits per heavy atom. The summed E-state index contributed by atoms with van der Waals surface area (Å²) in [5.74, 6) is 2.36. The fourth-order valence-electron chi connectivity index (χ4n) is 4.01. The smallest absolute Gasteiger partial charge is 0.265 e. The molecule has 1 fully saturated rings. The molecule has 0 radical (unpaired) electrons. The lowest BCUT2D eigenvalue weighted by molar-refractivity contribution is -0.121. The molecule has 1 aromatic carbocycles. The van der Waals surface area contributed by atoms with Gasteiger partial charge in [0.25, 0.3) is 5.91 Å². The first-order valence-corrected chi connectivity index (χ1v) is 10.8. The Morgan fingerprint density at radius 2 is 2.00 bits per heavy atom. The molecule has 0 atom stereocenters. The average Bonchev–Trinajstić information content (AvgIpc) is 2.72. The summed E-state index contributed by atoms with van der Waals surface area (Å²) in [6.45, 7) is 9.57. The fourth-order valence-corrected chi connectivity index (χ4v) is 4.01. The number of hydrogen-bond donors (Lipinski definition) is 2. The molecule has 2 N–H and O–H groups in total. The number of guanidine groups is 1. The summed E-state index contributed by atoms with van der Waals surface area (Å²) in [7, 11) is 1.81. The van der Waals surface area contributed by atoms with Crippen molar-refractivity contribution in [3.63, 3.8) is 0 Å². The normalized spacial score (nSPS) is 17.9.